The van der Waals surface area contributed by atoms with Gasteiger partial charge in [0.15, 0.2) is 0 Å². The van der Waals surface area contributed by atoms with Gasteiger partial charge >= 0.3 is 0 Å². The zero-order chi connectivity index (χ0) is 12.6. The van der Waals surface area contributed by atoms with Crippen molar-refractivity contribution in [3.8, 4) is 0 Å². The molecule has 2 rings (SSSR count). The highest BCUT2D eigenvalue weighted by Gasteiger charge is 2.16. The zero-order valence-corrected chi connectivity index (χ0v) is 10.9. The summed E-state index contributed by atoms with van der Waals surface area (Å²) in [6.45, 7) is 8.10. The minimum atomic E-state index is -0.104. The fourth-order valence-electron chi connectivity index (χ4n) is 2.22. The van der Waals surface area contributed by atoms with Crippen LogP contribution in [-0.4, -0.2) is 0 Å². The number of hydrogen-bond acceptors (Lipinski definition) is 2. The molecule has 2 heteroatoms. The Bertz CT molecular complexity index is 540. The van der Waals surface area contributed by atoms with Gasteiger partial charge in [-0.25, -0.2) is 0 Å². The fourth-order valence-corrected chi connectivity index (χ4v) is 2.22. The molecule has 0 spiro atoms. The molecule has 1 unspecified atom stereocenters. The largest absolute Gasteiger partial charge is 0.466 e. The Balaban J connectivity index is 2.46. The molecular weight excluding hydrogens is 210 g/mol. The summed E-state index contributed by atoms with van der Waals surface area (Å²) in [5, 5.41) is 0. The summed E-state index contributed by atoms with van der Waals surface area (Å²) in [6.07, 6.45) is 0. The molecule has 0 aliphatic rings. The Hall–Kier alpha value is -1.54. The highest BCUT2D eigenvalue weighted by Crippen LogP contribution is 2.27. The molecule has 0 saturated carbocycles. The lowest BCUT2D eigenvalue weighted by Gasteiger charge is -2.15. The van der Waals surface area contributed by atoms with E-state index in [-0.39, 0.29) is 6.04 Å². The molecule has 0 aliphatic carbocycles. The monoisotopic (exact) mass is 229 g/mol. The molecule has 1 heterocycles. The second-order valence-electron chi connectivity index (χ2n) is 4.71. The van der Waals surface area contributed by atoms with Crippen molar-refractivity contribution in [3.05, 3.63) is 58.0 Å². The molecule has 1 aromatic heterocycles. The number of aryl methyl sites for hydroxylation is 4. The van der Waals surface area contributed by atoms with Crippen LogP contribution in [0.4, 0.5) is 0 Å². The third kappa shape index (κ3) is 2.27. The summed E-state index contributed by atoms with van der Waals surface area (Å²) in [5.41, 5.74) is 11.1. The number of nitrogens with two attached hydrogens (primary N) is 1. The van der Waals surface area contributed by atoms with Crippen LogP contribution in [0.3, 0.4) is 0 Å². The van der Waals surface area contributed by atoms with Gasteiger partial charge in [-0.3, -0.25) is 0 Å². The standard InChI is InChI=1S/C15H19NO/c1-9-5-6-10(2)13(7-9)15(16)14-8-11(3)17-12(14)4/h5-8,15H,16H2,1-4H3. The quantitative estimate of drug-likeness (QED) is 0.855. The van der Waals surface area contributed by atoms with Gasteiger partial charge in [0.25, 0.3) is 0 Å². The first-order valence-electron chi connectivity index (χ1n) is 5.88. The molecule has 17 heavy (non-hydrogen) atoms. The summed E-state index contributed by atoms with van der Waals surface area (Å²) >= 11 is 0. The normalized spacial score (nSPS) is 12.8. The summed E-state index contributed by atoms with van der Waals surface area (Å²) < 4.78 is 5.55. The van der Waals surface area contributed by atoms with Crippen molar-refractivity contribution in [3.63, 3.8) is 0 Å². The van der Waals surface area contributed by atoms with Gasteiger partial charge in [-0.15, -0.1) is 0 Å². The zero-order valence-electron chi connectivity index (χ0n) is 10.9. The molecule has 0 bridgehead atoms. The highest BCUT2D eigenvalue weighted by atomic mass is 16.3. The first-order chi connectivity index (χ1) is 7.99. The second-order valence-corrected chi connectivity index (χ2v) is 4.71. The van der Waals surface area contributed by atoms with Crippen LogP contribution in [0.15, 0.2) is 28.7 Å². The van der Waals surface area contributed by atoms with Crippen LogP contribution in [0.2, 0.25) is 0 Å². The second kappa shape index (κ2) is 4.38. The molecule has 2 N–H and O–H groups in total. The Morgan fingerprint density at radius 3 is 2.29 bits per heavy atom. The van der Waals surface area contributed by atoms with Crippen LogP contribution in [0.1, 0.15) is 39.8 Å². The van der Waals surface area contributed by atoms with Gasteiger partial charge in [-0.2, -0.15) is 0 Å². The minimum absolute atomic E-state index is 0.104. The molecule has 0 fully saturated rings. The summed E-state index contributed by atoms with van der Waals surface area (Å²) in [4.78, 5) is 0. The molecule has 90 valence electrons. The number of rotatable bonds is 2. The maximum absolute atomic E-state index is 6.34. The lowest BCUT2D eigenvalue weighted by molar-refractivity contribution is 0.499. The SMILES string of the molecule is Cc1ccc(C)c(C(N)c2cc(C)oc2C)c1. The predicted octanol–water partition coefficient (Wildman–Crippen LogP) is 3.56. The van der Waals surface area contributed by atoms with E-state index in [0.717, 1.165) is 17.1 Å². The topological polar surface area (TPSA) is 39.2 Å². The van der Waals surface area contributed by atoms with Crippen molar-refractivity contribution in [2.45, 2.75) is 33.7 Å². The van der Waals surface area contributed by atoms with Gasteiger partial charge in [-0.1, -0.05) is 23.8 Å². The molecule has 2 aromatic rings. The van der Waals surface area contributed by atoms with E-state index in [0.29, 0.717) is 0 Å². The minimum Gasteiger partial charge on any atom is -0.466 e. The molecule has 0 saturated heterocycles. The first-order valence-corrected chi connectivity index (χ1v) is 5.88. The van der Waals surface area contributed by atoms with Gasteiger partial charge in [0, 0.05) is 5.56 Å². The lowest BCUT2D eigenvalue weighted by atomic mass is 9.94. The number of hydrogen-bond donors (Lipinski definition) is 1. The van der Waals surface area contributed by atoms with Crippen LogP contribution in [-0.2, 0) is 0 Å². The smallest absolute Gasteiger partial charge is 0.106 e. The number of furan rings is 1. The van der Waals surface area contributed by atoms with E-state index in [1.54, 1.807) is 0 Å². The van der Waals surface area contributed by atoms with Crippen molar-refractivity contribution in [2.75, 3.05) is 0 Å². The van der Waals surface area contributed by atoms with Crippen LogP contribution in [0.5, 0.6) is 0 Å². The van der Waals surface area contributed by atoms with Crippen molar-refractivity contribution in [1.82, 2.24) is 0 Å². The predicted molar refractivity (Wildman–Crippen MR) is 70.1 cm³/mol. The van der Waals surface area contributed by atoms with E-state index in [1.807, 2.05) is 19.9 Å². The van der Waals surface area contributed by atoms with Crippen LogP contribution >= 0.6 is 0 Å². The van der Waals surface area contributed by atoms with E-state index in [9.17, 15) is 0 Å². The molecule has 2 nitrogen and oxygen atoms in total. The summed E-state index contributed by atoms with van der Waals surface area (Å²) in [6, 6.07) is 8.31. The van der Waals surface area contributed by atoms with E-state index >= 15 is 0 Å². The van der Waals surface area contributed by atoms with E-state index in [1.165, 1.54) is 16.7 Å². The summed E-state index contributed by atoms with van der Waals surface area (Å²) in [7, 11) is 0. The van der Waals surface area contributed by atoms with E-state index < -0.39 is 0 Å². The lowest BCUT2D eigenvalue weighted by Crippen LogP contribution is -2.13. The molecule has 1 atom stereocenters. The Kier molecular flexibility index (Phi) is 3.07. The van der Waals surface area contributed by atoms with Gasteiger partial charge in [0.05, 0.1) is 6.04 Å². The van der Waals surface area contributed by atoms with Gasteiger partial charge < -0.3 is 10.2 Å². The molecule has 0 aliphatic heterocycles. The Labute approximate surface area is 102 Å². The maximum Gasteiger partial charge on any atom is 0.106 e. The van der Waals surface area contributed by atoms with Gasteiger partial charge in [0.2, 0.25) is 0 Å². The summed E-state index contributed by atoms with van der Waals surface area (Å²) in [5.74, 6) is 1.83. The first kappa shape index (κ1) is 11.9. The van der Waals surface area contributed by atoms with Gasteiger partial charge in [0.1, 0.15) is 11.5 Å². The number of benzene rings is 1. The molecule has 1 aromatic carbocycles. The van der Waals surface area contributed by atoms with E-state index in [4.69, 9.17) is 10.2 Å². The van der Waals surface area contributed by atoms with Crippen molar-refractivity contribution in [2.24, 2.45) is 5.73 Å². The van der Waals surface area contributed by atoms with Crippen molar-refractivity contribution < 1.29 is 4.42 Å². The highest BCUT2D eigenvalue weighted by molar-refractivity contribution is 5.40. The van der Waals surface area contributed by atoms with Crippen molar-refractivity contribution in [1.29, 1.82) is 0 Å². The molecular formula is C15H19NO. The van der Waals surface area contributed by atoms with Crippen LogP contribution in [0.25, 0.3) is 0 Å². The molecule has 0 amide bonds. The Morgan fingerprint density at radius 2 is 1.71 bits per heavy atom. The third-order valence-electron chi connectivity index (χ3n) is 3.18. The Morgan fingerprint density at radius 1 is 1.00 bits per heavy atom. The molecule has 0 radical (unpaired) electrons. The third-order valence-corrected chi connectivity index (χ3v) is 3.18. The van der Waals surface area contributed by atoms with Crippen LogP contribution in [0, 0.1) is 27.7 Å². The maximum atomic E-state index is 6.34. The van der Waals surface area contributed by atoms with E-state index in [2.05, 4.69) is 32.0 Å². The van der Waals surface area contributed by atoms with Gasteiger partial charge in [-0.05, 0) is 44.9 Å². The average Bonchev–Trinajstić information content (AvgIpc) is 2.60. The van der Waals surface area contributed by atoms with Crippen molar-refractivity contribution >= 4 is 0 Å². The van der Waals surface area contributed by atoms with Crippen LogP contribution < -0.4 is 5.73 Å². The fraction of sp³-hybridized carbons (Fsp3) is 0.333. The average molecular weight is 229 g/mol.